The number of aliphatic hydroxyl groups is 1. The molecule has 114 valence electrons. The summed E-state index contributed by atoms with van der Waals surface area (Å²) in [6.07, 6.45) is 3.52. The van der Waals surface area contributed by atoms with E-state index in [1.54, 1.807) is 4.90 Å². The molecule has 2 fully saturated rings. The van der Waals surface area contributed by atoms with Crippen LogP contribution < -0.4 is 5.32 Å². The molecule has 0 radical (unpaired) electrons. The highest BCUT2D eigenvalue weighted by molar-refractivity contribution is 5.87. The molecule has 2 aliphatic heterocycles. The third-order valence-corrected chi connectivity index (χ3v) is 4.11. The molecule has 2 heterocycles. The first-order chi connectivity index (χ1) is 9.59. The van der Waals surface area contributed by atoms with Gasteiger partial charge < -0.3 is 25.2 Å². The second kappa shape index (κ2) is 6.41. The molecular formula is C13H22N2O5. The maximum Gasteiger partial charge on any atom is 0.332 e. The number of aliphatic hydroxyl groups excluding tert-OH is 1. The van der Waals surface area contributed by atoms with Crippen molar-refractivity contribution in [3.63, 3.8) is 0 Å². The van der Waals surface area contributed by atoms with Gasteiger partial charge in [-0.15, -0.1) is 0 Å². The van der Waals surface area contributed by atoms with Crippen LogP contribution in [0.25, 0.3) is 0 Å². The van der Waals surface area contributed by atoms with Gasteiger partial charge in [0.05, 0.1) is 6.61 Å². The SMILES string of the molecule is O=C(NC1(C(=O)O)CCOC1)N1CCCC1CCCO. The van der Waals surface area contributed by atoms with Crippen LogP contribution in [0.5, 0.6) is 0 Å². The molecule has 0 aromatic rings. The summed E-state index contributed by atoms with van der Waals surface area (Å²) >= 11 is 0. The van der Waals surface area contributed by atoms with Crippen LogP contribution in [0.2, 0.25) is 0 Å². The van der Waals surface area contributed by atoms with Crippen LogP contribution in [0, 0.1) is 0 Å². The van der Waals surface area contributed by atoms with E-state index in [-0.39, 0.29) is 25.3 Å². The maximum absolute atomic E-state index is 12.3. The number of amides is 2. The molecule has 2 rings (SSSR count). The molecule has 20 heavy (non-hydrogen) atoms. The summed E-state index contributed by atoms with van der Waals surface area (Å²) in [7, 11) is 0. The topological polar surface area (TPSA) is 99.1 Å². The fraction of sp³-hybridized carbons (Fsp3) is 0.846. The van der Waals surface area contributed by atoms with Gasteiger partial charge in [-0.1, -0.05) is 0 Å². The van der Waals surface area contributed by atoms with Gasteiger partial charge in [0.1, 0.15) is 0 Å². The Kier molecular flexibility index (Phi) is 4.82. The minimum Gasteiger partial charge on any atom is -0.479 e. The second-order valence-electron chi connectivity index (χ2n) is 5.48. The molecule has 2 saturated heterocycles. The van der Waals surface area contributed by atoms with Gasteiger partial charge in [-0.2, -0.15) is 0 Å². The van der Waals surface area contributed by atoms with Gasteiger partial charge in [0, 0.05) is 32.2 Å². The van der Waals surface area contributed by atoms with Crippen molar-refractivity contribution in [2.75, 3.05) is 26.4 Å². The van der Waals surface area contributed by atoms with Crippen molar-refractivity contribution in [3.05, 3.63) is 0 Å². The number of carboxylic acids is 1. The van der Waals surface area contributed by atoms with Crippen molar-refractivity contribution in [2.24, 2.45) is 0 Å². The number of likely N-dealkylation sites (tertiary alicyclic amines) is 1. The lowest BCUT2D eigenvalue weighted by Crippen LogP contribution is -2.59. The molecule has 2 atom stereocenters. The predicted octanol–water partition coefficient (Wildman–Crippen LogP) is 0.177. The lowest BCUT2D eigenvalue weighted by molar-refractivity contribution is -0.144. The maximum atomic E-state index is 12.3. The molecule has 2 aliphatic rings. The Morgan fingerprint density at radius 1 is 1.45 bits per heavy atom. The summed E-state index contributed by atoms with van der Waals surface area (Å²) in [6.45, 7) is 1.11. The molecule has 0 aromatic carbocycles. The minimum absolute atomic E-state index is 0.0171. The average Bonchev–Trinajstić information content (AvgIpc) is 3.05. The largest absolute Gasteiger partial charge is 0.479 e. The molecule has 7 heteroatoms. The van der Waals surface area contributed by atoms with E-state index in [4.69, 9.17) is 9.84 Å². The van der Waals surface area contributed by atoms with Gasteiger partial charge in [-0.3, -0.25) is 0 Å². The van der Waals surface area contributed by atoms with Crippen LogP contribution >= 0.6 is 0 Å². The van der Waals surface area contributed by atoms with Crippen molar-refractivity contribution < 1.29 is 24.5 Å². The molecule has 7 nitrogen and oxygen atoms in total. The van der Waals surface area contributed by atoms with Crippen molar-refractivity contribution >= 4 is 12.0 Å². The Hall–Kier alpha value is -1.34. The Morgan fingerprint density at radius 2 is 2.25 bits per heavy atom. The van der Waals surface area contributed by atoms with Gasteiger partial charge in [0.2, 0.25) is 0 Å². The zero-order chi connectivity index (χ0) is 14.6. The molecular weight excluding hydrogens is 264 g/mol. The average molecular weight is 286 g/mol. The summed E-state index contributed by atoms with van der Waals surface area (Å²) in [5, 5.41) is 20.8. The summed E-state index contributed by atoms with van der Waals surface area (Å²) < 4.78 is 5.13. The first-order valence-electron chi connectivity index (χ1n) is 7.10. The Bertz CT molecular complexity index is 368. The van der Waals surface area contributed by atoms with Crippen LogP contribution in [-0.2, 0) is 9.53 Å². The van der Waals surface area contributed by atoms with Crippen molar-refractivity contribution in [1.82, 2.24) is 10.2 Å². The van der Waals surface area contributed by atoms with Crippen molar-refractivity contribution in [1.29, 1.82) is 0 Å². The molecule has 0 aromatic heterocycles. The molecule has 0 spiro atoms. The highest BCUT2D eigenvalue weighted by Gasteiger charge is 2.45. The zero-order valence-electron chi connectivity index (χ0n) is 11.5. The lowest BCUT2D eigenvalue weighted by atomic mass is 9.99. The fourth-order valence-corrected chi connectivity index (χ4v) is 2.89. The standard InChI is InChI=1S/C13H22N2O5/c16-7-2-4-10-3-1-6-15(10)12(19)14-13(11(17)18)5-8-20-9-13/h10,16H,1-9H2,(H,14,19)(H,17,18). The monoisotopic (exact) mass is 286 g/mol. The van der Waals surface area contributed by atoms with Crippen LogP contribution in [-0.4, -0.2) is 65.1 Å². The van der Waals surface area contributed by atoms with Crippen LogP contribution in [0.15, 0.2) is 0 Å². The van der Waals surface area contributed by atoms with Gasteiger partial charge in [0.15, 0.2) is 5.54 Å². The number of ether oxygens (including phenoxy) is 1. The van der Waals surface area contributed by atoms with E-state index in [0.717, 1.165) is 19.3 Å². The van der Waals surface area contributed by atoms with E-state index in [9.17, 15) is 14.7 Å². The van der Waals surface area contributed by atoms with Crippen molar-refractivity contribution in [2.45, 2.75) is 43.7 Å². The van der Waals surface area contributed by atoms with E-state index in [1.165, 1.54) is 0 Å². The lowest BCUT2D eigenvalue weighted by Gasteiger charge is -2.30. The van der Waals surface area contributed by atoms with Crippen molar-refractivity contribution in [3.8, 4) is 0 Å². The first kappa shape index (κ1) is 15.1. The molecule has 0 saturated carbocycles. The van der Waals surface area contributed by atoms with Crippen LogP contribution in [0.4, 0.5) is 4.79 Å². The number of nitrogens with zero attached hydrogens (tertiary/aromatic N) is 1. The van der Waals surface area contributed by atoms with Crippen LogP contribution in [0.1, 0.15) is 32.1 Å². The number of carbonyl (C=O) groups is 2. The first-order valence-corrected chi connectivity index (χ1v) is 7.10. The minimum atomic E-state index is -1.29. The number of aliphatic carboxylic acids is 1. The Morgan fingerprint density at radius 3 is 2.85 bits per heavy atom. The Balaban J connectivity index is 1.97. The van der Waals surface area contributed by atoms with E-state index < -0.39 is 11.5 Å². The van der Waals surface area contributed by atoms with E-state index in [1.807, 2.05) is 0 Å². The normalized spacial score (nSPS) is 29.6. The summed E-state index contributed by atoms with van der Waals surface area (Å²) in [5.41, 5.74) is -1.29. The smallest absolute Gasteiger partial charge is 0.332 e. The highest BCUT2D eigenvalue weighted by atomic mass is 16.5. The molecule has 3 N–H and O–H groups in total. The quantitative estimate of drug-likeness (QED) is 0.669. The van der Waals surface area contributed by atoms with Crippen LogP contribution in [0.3, 0.4) is 0 Å². The zero-order valence-corrected chi connectivity index (χ0v) is 11.5. The van der Waals surface area contributed by atoms with E-state index in [2.05, 4.69) is 5.32 Å². The summed E-state index contributed by atoms with van der Waals surface area (Å²) in [5.74, 6) is -1.05. The third kappa shape index (κ3) is 3.04. The Labute approximate surface area is 117 Å². The number of carboxylic acid groups (broad SMARTS) is 1. The molecule has 0 bridgehead atoms. The number of urea groups is 1. The number of rotatable bonds is 5. The molecule has 0 aliphatic carbocycles. The van der Waals surface area contributed by atoms with Gasteiger partial charge in [0.25, 0.3) is 0 Å². The number of carbonyl (C=O) groups excluding carboxylic acids is 1. The third-order valence-electron chi connectivity index (χ3n) is 4.11. The van der Waals surface area contributed by atoms with E-state index in [0.29, 0.717) is 26.0 Å². The molecule has 2 amide bonds. The number of hydrogen-bond acceptors (Lipinski definition) is 4. The summed E-state index contributed by atoms with van der Waals surface area (Å²) in [4.78, 5) is 25.4. The predicted molar refractivity (Wildman–Crippen MR) is 70.4 cm³/mol. The molecule has 2 unspecified atom stereocenters. The number of nitrogens with one attached hydrogen (secondary N) is 1. The fourth-order valence-electron chi connectivity index (χ4n) is 2.89. The van der Waals surface area contributed by atoms with E-state index >= 15 is 0 Å². The van der Waals surface area contributed by atoms with Gasteiger partial charge in [-0.05, 0) is 25.7 Å². The van der Waals surface area contributed by atoms with Gasteiger partial charge in [-0.25, -0.2) is 9.59 Å². The highest BCUT2D eigenvalue weighted by Crippen LogP contribution is 2.24. The van der Waals surface area contributed by atoms with Gasteiger partial charge >= 0.3 is 12.0 Å². The summed E-state index contributed by atoms with van der Waals surface area (Å²) in [6, 6.07) is -0.242. The number of hydrogen-bond donors (Lipinski definition) is 3. The second-order valence-corrected chi connectivity index (χ2v) is 5.48.